The molecular weight excluding hydrogens is 276 g/mol. The van der Waals surface area contributed by atoms with Crippen LogP contribution >= 0.6 is 0 Å². The minimum atomic E-state index is -0.525. The Labute approximate surface area is 120 Å². The first-order valence-electron chi connectivity index (χ1n) is 6.46. The molecule has 3 rings (SSSR count). The lowest BCUT2D eigenvalue weighted by Gasteiger charge is -2.19. The van der Waals surface area contributed by atoms with Gasteiger partial charge in [0, 0.05) is 26.2 Å². The van der Waals surface area contributed by atoms with E-state index < -0.39 is 16.9 Å². The van der Waals surface area contributed by atoms with Crippen molar-refractivity contribution < 1.29 is 14.5 Å². The van der Waals surface area contributed by atoms with Gasteiger partial charge in [-0.25, -0.2) is 10.4 Å². The number of hydrogen-bond donors (Lipinski definition) is 1. The van der Waals surface area contributed by atoms with Crippen molar-refractivity contribution in [3.8, 4) is 0 Å². The summed E-state index contributed by atoms with van der Waals surface area (Å²) < 4.78 is 0. The van der Waals surface area contributed by atoms with E-state index in [1.807, 2.05) is 0 Å². The predicted octanol–water partition coefficient (Wildman–Crippen LogP) is 0.0693. The van der Waals surface area contributed by atoms with E-state index in [0.29, 0.717) is 0 Å². The van der Waals surface area contributed by atoms with Gasteiger partial charge in [0.1, 0.15) is 6.04 Å². The normalized spacial score (nSPS) is 29.0. The number of amides is 2. The number of hydrogen-bond acceptors (Lipinski definition) is 6. The second-order valence-electron chi connectivity index (χ2n) is 5.27. The summed E-state index contributed by atoms with van der Waals surface area (Å²) >= 11 is 0. The maximum absolute atomic E-state index is 12.2. The van der Waals surface area contributed by atoms with Crippen molar-refractivity contribution in [1.82, 2.24) is 15.3 Å². The van der Waals surface area contributed by atoms with Gasteiger partial charge in [-0.15, -0.1) is 0 Å². The number of fused-ring (bicyclic) bond motifs is 1. The van der Waals surface area contributed by atoms with Gasteiger partial charge in [0.05, 0.1) is 16.9 Å². The van der Waals surface area contributed by atoms with Gasteiger partial charge in [-0.2, -0.15) is 0 Å². The number of nitrogens with zero attached hydrogens (tertiary/aromatic N) is 3. The van der Waals surface area contributed by atoms with Gasteiger partial charge in [-0.1, -0.05) is 12.1 Å². The van der Waals surface area contributed by atoms with Crippen LogP contribution in [0.2, 0.25) is 0 Å². The summed E-state index contributed by atoms with van der Waals surface area (Å²) in [6.45, 7) is 0. The fraction of sp³-hybridized carbons (Fsp3) is 0.385. The molecule has 0 aromatic heterocycles. The Morgan fingerprint density at radius 3 is 2.33 bits per heavy atom. The molecule has 0 unspecified atom stereocenters. The first-order valence-corrected chi connectivity index (χ1v) is 6.46. The number of nitro groups is 1. The number of carbonyl (C=O) groups excluding carboxylic acids is 2. The molecule has 2 aliphatic heterocycles. The van der Waals surface area contributed by atoms with Crippen LogP contribution in [0, 0.1) is 16.0 Å². The zero-order chi connectivity index (χ0) is 15.3. The summed E-state index contributed by atoms with van der Waals surface area (Å²) in [4.78, 5) is 35.6. The summed E-state index contributed by atoms with van der Waals surface area (Å²) in [5.74, 6) is -0.969. The minimum Gasteiger partial charge on any atom is -0.284 e. The molecule has 1 N–H and O–H groups in total. The van der Waals surface area contributed by atoms with Gasteiger partial charge in [-0.3, -0.25) is 24.6 Å². The van der Waals surface area contributed by atoms with Gasteiger partial charge in [0.25, 0.3) is 5.69 Å². The molecule has 110 valence electrons. The number of likely N-dealkylation sites (N-methyl/N-ethyl adjacent to an activating group) is 2. The molecule has 2 amide bonds. The Morgan fingerprint density at radius 2 is 1.76 bits per heavy atom. The second-order valence-corrected chi connectivity index (χ2v) is 5.27. The number of rotatable bonds is 2. The Hall–Kier alpha value is -2.32. The lowest BCUT2D eigenvalue weighted by Crippen LogP contribution is -2.41. The number of nitro benzene ring substituents is 1. The smallest absolute Gasteiger partial charge is 0.269 e. The van der Waals surface area contributed by atoms with Crippen molar-refractivity contribution in [2.75, 3.05) is 14.1 Å². The third-order valence-corrected chi connectivity index (χ3v) is 4.12. The van der Waals surface area contributed by atoms with E-state index in [1.165, 1.54) is 19.2 Å². The van der Waals surface area contributed by atoms with Crippen LogP contribution in [0.4, 0.5) is 5.69 Å². The molecular formula is C13H14N4O4. The third-order valence-electron chi connectivity index (χ3n) is 4.12. The Bertz CT molecular complexity index is 630. The molecule has 0 spiro atoms. The maximum atomic E-state index is 12.2. The van der Waals surface area contributed by atoms with Crippen molar-refractivity contribution in [3.05, 3.63) is 39.9 Å². The lowest BCUT2D eigenvalue weighted by molar-refractivity contribution is -0.384. The van der Waals surface area contributed by atoms with E-state index in [-0.39, 0.29) is 23.5 Å². The van der Waals surface area contributed by atoms with Crippen LogP contribution in [-0.4, -0.2) is 46.8 Å². The van der Waals surface area contributed by atoms with Gasteiger partial charge in [0.2, 0.25) is 11.8 Å². The zero-order valence-electron chi connectivity index (χ0n) is 11.5. The topological polar surface area (TPSA) is 95.8 Å². The van der Waals surface area contributed by atoms with Gasteiger partial charge in [0.15, 0.2) is 0 Å². The molecule has 2 saturated heterocycles. The van der Waals surface area contributed by atoms with E-state index in [2.05, 4.69) is 5.43 Å². The molecule has 3 atom stereocenters. The van der Waals surface area contributed by atoms with Crippen molar-refractivity contribution in [2.45, 2.75) is 12.1 Å². The average Bonchev–Trinajstić information content (AvgIpc) is 2.92. The molecule has 0 aliphatic carbocycles. The van der Waals surface area contributed by atoms with Crippen LogP contribution in [-0.2, 0) is 9.59 Å². The number of likely N-dealkylation sites (tertiary alicyclic amines) is 1. The van der Waals surface area contributed by atoms with Crippen molar-refractivity contribution in [2.24, 2.45) is 5.92 Å². The Kier molecular flexibility index (Phi) is 2.99. The first kappa shape index (κ1) is 13.7. The second kappa shape index (κ2) is 4.61. The minimum absolute atomic E-state index is 0.00686. The molecule has 0 saturated carbocycles. The fourth-order valence-electron chi connectivity index (χ4n) is 3.02. The molecule has 21 heavy (non-hydrogen) atoms. The molecule has 1 aromatic carbocycles. The lowest BCUT2D eigenvalue weighted by atomic mass is 9.91. The zero-order valence-corrected chi connectivity index (χ0v) is 11.5. The summed E-state index contributed by atoms with van der Waals surface area (Å²) in [5.41, 5.74) is 3.84. The number of imide groups is 1. The largest absolute Gasteiger partial charge is 0.284 e. The van der Waals surface area contributed by atoms with E-state index in [1.54, 1.807) is 24.2 Å². The summed E-state index contributed by atoms with van der Waals surface area (Å²) in [6.07, 6.45) is 0. The highest BCUT2D eigenvalue weighted by Gasteiger charge is 2.56. The van der Waals surface area contributed by atoms with Crippen LogP contribution in [0.5, 0.6) is 0 Å². The average molecular weight is 290 g/mol. The number of carbonyl (C=O) groups is 2. The molecule has 0 radical (unpaired) electrons. The fourth-order valence-corrected chi connectivity index (χ4v) is 3.02. The molecule has 1 aromatic rings. The van der Waals surface area contributed by atoms with Gasteiger partial charge in [-0.05, 0) is 5.56 Å². The number of benzene rings is 1. The van der Waals surface area contributed by atoms with Gasteiger partial charge >= 0.3 is 0 Å². The molecule has 8 nitrogen and oxygen atoms in total. The van der Waals surface area contributed by atoms with E-state index >= 15 is 0 Å². The van der Waals surface area contributed by atoms with Crippen LogP contribution < -0.4 is 5.43 Å². The van der Waals surface area contributed by atoms with Crippen LogP contribution in [0.25, 0.3) is 0 Å². The SMILES string of the molecule is CN1C(=O)[C@@H]2[C@@H](c3ccc([N+](=O)[O-])cc3)NN(C)[C@@H]2C1=O. The van der Waals surface area contributed by atoms with Gasteiger partial charge < -0.3 is 0 Å². The number of hydrazine groups is 1. The van der Waals surface area contributed by atoms with Crippen molar-refractivity contribution in [1.29, 1.82) is 0 Å². The van der Waals surface area contributed by atoms with Crippen LogP contribution in [0.15, 0.2) is 24.3 Å². The highest BCUT2D eigenvalue weighted by molar-refractivity contribution is 6.07. The molecule has 2 aliphatic rings. The first-order chi connectivity index (χ1) is 9.91. The standard InChI is InChI=1S/C13H14N4O4/c1-15-12(18)9-10(14-16(2)11(9)13(15)19)7-3-5-8(6-4-7)17(20)21/h3-6,9-11,14H,1-2H3/t9-,10-,11+/m1/s1. The highest BCUT2D eigenvalue weighted by atomic mass is 16.6. The summed E-state index contributed by atoms with van der Waals surface area (Å²) in [5, 5.41) is 12.3. The number of nitrogens with one attached hydrogen (secondary N) is 1. The van der Waals surface area contributed by atoms with Crippen molar-refractivity contribution in [3.63, 3.8) is 0 Å². The third kappa shape index (κ3) is 1.91. The Balaban J connectivity index is 1.94. The monoisotopic (exact) mass is 290 g/mol. The number of non-ortho nitro benzene ring substituents is 1. The summed E-state index contributed by atoms with van der Waals surface area (Å²) in [6, 6.07) is 5.14. The highest BCUT2D eigenvalue weighted by Crippen LogP contribution is 2.39. The molecule has 2 heterocycles. The summed E-state index contributed by atoms with van der Waals surface area (Å²) in [7, 11) is 3.19. The van der Waals surface area contributed by atoms with E-state index in [0.717, 1.165) is 10.5 Å². The molecule has 2 fully saturated rings. The van der Waals surface area contributed by atoms with Crippen LogP contribution in [0.3, 0.4) is 0 Å². The molecule has 8 heteroatoms. The predicted molar refractivity (Wildman–Crippen MR) is 71.8 cm³/mol. The van der Waals surface area contributed by atoms with Crippen molar-refractivity contribution >= 4 is 17.5 Å². The Morgan fingerprint density at radius 1 is 1.14 bits per heavy atom. The molecule has 0 bridgehead atoms. The van der Waals surface area contributed by atoms with E-state index in [4.69, 9.17) is 0 Å². The van der Waals surface area contributed by atoms with E-state index in [9.17, 15) is 19.7 Å². The quantitative estimate of drug-likeness (QED) is 0.470. The maximum Gasteiger partial charge on any atom is 0.269 e. The van der Waals surface area contributed by atoms with Crippen LogP contribution in [0.1, 0.15) is 11.6 Å².